The van der Waals surface area contributed by atoms with E-state index < -0.39 is 0 Å². The molecule has 0 radical (unpaired) electrons. The Bertz CT molecular complexity index is 270. The van der Waals surface area contributed by atoms with Gasteiger partial charge in [0.2, 0.25) is 5.91 Å². The number of rotatable bonds is 7. The SMILES string of the molecule is CC(C)NC(CN(C)CC1CCCN1C)C(N)=O. The van der Waals surface area contributed by atoms with E-state index in [0.717, 1.165) is 6.54 Å². The number of amides is 1. The summed E-state index contributed by atoms with van der Waals surface area (Å²) in [4.78, 5) is 16.0. The third-order valence-electron chi connectivity index (χ3n) is 3.57. The second-order valence-electron chi connectivity index (χ2n) is 5.77. The van der Waals surface area contributed by atoms with Crippen LogP contribution in [-0.2, 0) is 4.79 Å². The maximum Gasteiger partial charge on any atom is 0.235 e. The van der Waals surface area contributed by atoms with Gasteiger partial charge in [0.05, 0.1) is 6.04 Å². The maximum atomic E-state index is 11.4. The molecule has 2 unspecified atom stereocenters. The van der Waals surface area contributed by atoms with Gasteiger partial charge >= 0.3 is 0 Å². The van der Waals surface area contributed by atoms with Crippen molar-refractivity contribution in [2.45, 2.75) is 44.8 Å². The average molecular weight is 256 g/mol. The lowest BCUT2D eigenvalue weighted by Crippen LogP contribution is -2.52. The number of carbonyl (C=O) groups excluding carboxylic acids is 1. The van der Waals surface area contributed by atoms with Crippen LogP contribution in [-0.4, -0.2) is 67.6 Å². The number of likely N-dealkylation sites (N-methyl/N-ethyl adjacent to an activating group) is 2. The smallest absolute Gasteiger partial charge is 0.235 e. The Morgan fingerprint density at radius 1 is 1.56 bits per heavy atom. The molecule has 1 rings (SSSR count). The summed E-state index contributed by atoms with van der Waals surface area (Å²) in [5, 5.41) is 3.22. The summed E-state index contributed by atoms with van der Waals surface area (Å²) in [6.45, 7) is 6.92. The van der Waals surface area contributed by atoms with Crippen LogP contribution in [0.2, 0.25) is 0 Å². The van der Waals surface area contributed by atoms with Gasteiger partial charge in [0, 0.05) is 25.2 Å². The first-order valence-corrected chi connectivity index (χ1v) is 6.84. The molecule has 1 aliphatic rings. The molecular formula is C13H28N4O. The molecule has 0 aliphatic carbocycles. The van der Waals surface area contributed by atoms with Crippen LogP contribution in [0.15, 0.2) is 0 Å². The number of carbonyl (C=O) groups is 1. The molecule has 5 nitrogen and oxygen atoms in total. The van der Waals surface area contributed by atoms with E-state index >= 15 is 0 Å². The van der Waals surface area contributed by atoms with Crippen LogP contribution in [0.3, 0.4) is 0 Å². The van der Waals surface area contributed by atoms with Crippen LogP contribution >= 0.6 is 0 Å². The number of nitrogens with two attached hydrogens (primary N) is 1. The van der Waals surface area contributed by atoms with Gasteiger partial charge in [-0.05, 0) is 33.5 Å². The summed E-state index contributed by atoms with van der Waals surface area (Å²) in [7, 11) is 4.23. The number of primary amides is 1. The van der Waals surface area contributed by atoms with E-state index in [1.165, 1.54) is 19.4 Å². The highest BCUT2D eigenvalue weighted by Crippen LogP contribution is 2.15. The van der Waals surface area contributed by atoms with Gasteiger partial charge in [0.15, 0.2) is 0 Å². The van der Waals surface area contributed by atoms with Gasteiger partial charge in [-0.3, -0.25) is 4.79 Å². The monoisotopic (exact) mass is 256 g/mol. The summed E-state index contributed by atoms with van der Waals surface area (Å²) in [6.07, 6.45) is 2.53. The van der Waals surface area contributed by atoms with Crippen LogP contribution in [0.5, 0.6) is 0 Å². The largest absolute Gasteiger partial charge is 0.368 e. The lowest BCUT2D eigenvalue weighted by molar-refractivity contribution is -0.120. The zero-order chi connectivity index (χ0) is 13.7. The second kappa shape index (κ2) is 7.07. The Morgan fingerprint density at radius 2 is 2.22 bits per heavy atom. The summed E-state index contributed by atoms with van der Waals surface area (Å²) in [5.41, 5.74) is 5.43. The number of hydrogen-bond donors (Lipinski definition) is 2. The Labute approximate surface area is 111 Å². The first-order valence-electron chi connectivity index (χ1n) is 6.84. The Morgan fingerprint density at radius 3 is 2.67 bits per heavy atom. The minimum Gasteiger partial charge on any atom is -0.368 e. The molecule has 0 spiro atoms. The van der Waals surface area contributed by atoms with Crippen molar-refractivity contribution >= 4 is 5.91 Å². The van der Waals surface area contributed by atoms with Crippen LogP contribution < -0.4 is 11.1 Å². The van der Waals surface area contributed by atoms with E-state index in [-0.39, 0.29) is 18.0 Å². The summed E-state index contributed by atoms with van der Waals surface area (Å²) in [6, 6.07) is 0.620. The zero-order valence-electron chi connectivity index (χ0n) is 12.1. The first kappa shape index (κ1) is 15.4. The number of nitrogens with zero attached hydrogens (tertiary/aromatic N) is 2. The number of likely N-dealkylation sites (tertiary alicyclic amines) is 1. The van der Waals surface area contributed by atoms with Crippen LogP contribution in [0.1, 0.15) is 26.7 Å². The lowest BCUT2D eigenvalue weighted by Gasteiger charge is -2.29. The van der Waals surface area contributed by atoms with E-state index in [1.807, 2.05) is 13.8 Å². The second-order valence-corrected chi connectivity index (χ2v) is 5.77. The number of nitrogens with one attached hydrogen (secondary N) is 1. The Kier molecular flexibility index (Phi) is 6.05. The standard InChI is InChI=1S/C13H28N4O/c1-10(2)15-12(13(14)18)9-16(3)8-11-6-5-7-17(11)4/h10-12,15H,5-9H2,1-4H3,(H2,14,18). The molecule has 3 N–H and O–H groups in total. The van der Waals surface area contributed by atoms with Gasteiger partial charge < -0.3 is 20.9 Å². The highest BCUT2D eigenvalue weighted by Gasteiger charge is 2.24. The average Bonchev–Trinajstić information content (AvgIpc) is 2.62. The predicted octanol–water partition coefficient (Wildman–Crippen LogP) is -0.136. The molecule has 2 atom stereocenters. The van der Waals surface area contributed by atoms with Crippen molar-refractivity contribution < 1.29 is 4.79 Å². The fraction of sp³-hybridized carbons (Fsp3) is 0.923. The van der Waals surface area contributed by atoms with E-state index in [9.17, 15) is 4.79 Å². The Balaban J connectivity index is 2.40. The molecule has 0 saturated carbocycles. The minimum absolute atomic E-state index is 0.262. The fourth-order valence-corrected chi connectivity index (χ4v) is 2.58. The van der Waals surface area contributed by atoms with Crippen LogP contribution in [0.25, 0.3) is 0 Å². The summed E-state index contributed by atoms with van der Waals surface area (Å²) in [5.74, 6) is -0.268. The Hall–Kier alpha value is -0.650. The molecule has 1 amide bonds. The molecule has 0 aromatic carbocycles. The van der Waals surface area contributed by atoms with Gasteiger partial charge in [-0.25, -0.2) is 0 Å². The van der Waals surface area contributed by atoms with Crippen molar-refractivity contribution in [3.05, 3.63) is 0 Å². The molecular weight excluding hydrogens is 228 g/mol. The van der Waals surface area contributed by atoms with Gasteiger partial charge in [0.25, 0.3) is 0 Å². The molecule has 18 heavy (non-hydrogen) atoms. The molecule has 0 bridgehead atoms. The highest BCUT2D eigenvalue weighted by molar-refractivity contribution is 5.80. The molecule has 106 valence electrons. The zero-order valence-corrected chi connectivity index (χ0v) is 12.1. The normalized spacial score (nSPS) is 22.9. The van der Waals surface area contributed by atoms with Crippen LogP contribution in [0, 0.1) is 0 Å². The lowest BCUT2D eigenvalue weighted by atomic mass is 10.2. The first-order chi connectivity index (χ1) is 8.40. The van der Waals surface area contributed by atoms with Crippen LogP contribution in [0.4, 0.5) is 0 Å². The molecule has 0 aromatic heterocycles. The molecule has 1 aliphatic heterocycles. The molecule has 1 fully saturated rings. The van der Waals surface area contributed by atoms with E-state index in [4.69, 9.17) is 5.73 Å². The summed E-state index contributed by atoms with van der Waals surface area (Å²) < 4.78 is 0. The molecule has 5 heteroatoms. The van der Waals surface area contributed by atoms with Crippen molar-refractivity contribution in [3.63, 3.8) is 0 Å². The maximum absolute atomic E-state index is 11.4. The van der Waals surface area contributed by atoms with Crippen molar-refractivity contribution in [1.82, 2.24) is 15.1 Å². The topological polar surface area (TPSA) is 61.6 Å². The van der Waals surface area contributed by atoms with Crippen molar-refractivity contribution in [2.75, 3.05) is 33.7 Å². The number of hydrogen-bond acceptors (Lipinski definition) is 4. The third-order valence-corrected chi connectivity index (χ3v) is 3.57. The molecule has 1 heterocycles. The summed E-state index contributed by atoms with van der Waals surface area (Å²) >= 11 is 0. The van der Waals surface area contributed by atoms with Gasteiger partial charge in [-0.1, -0.05) is 13.8 Å². The predicted molar refractivity (Wildman–Crippen MR) is 74.4 cm³/mol. The fourth-order valence-electron chi connectivity index (χ4n) is 2.58. The van der Waals surface area contributed by atoms with Gasteiger partial charge in [-0.2, -0.15) is 0 Å². The van der Waals surface area contributed by atoms with Crippen molar-refractivity contribution in [2.24, 2.45) is 5.73 Å². The minimum atomic E-state index is -0.268. The molecule has 1 saturated heterocycles. The van der Waals surface area contributed by atoms with Crippen molar-refractivity contribution in [1.29, 1.82) is 0 Å². The highest BCUT2D eigenvalue weighted by atomic mass is 16.1. The van der Waals surface area contributed by atoms with Gasteiger partial charge in [-0.15, -0.1) is 0 Å². The molecule has 0 aromatic rings. The van der Waals surface area contributed by atoms with E-state index in [0.29, 0.717) is 12.6 Å². The van der Waals surface area contributed by atoms with Crippen molar-refractivity contribution in [3.8, 4) is 0 Å². The quantitative estimate of drug-likeness (QED) is 0.666. The van der Waals surface area contributed by atoms with Gasteiger partial charge in [0.1, 0.15) is 0 Å². The van der Waals surface area contributed by atoms with E-state index in [1.54, 1.807) is 0 Å². The third kappa shape index (κ3) is 4.92. The van der Waals surface area contributed by atoms with E-state index in [2.05, 4.69) is 29.2 Å².